The van der Waals surface area contributed by atoms with Crippen LogP contribution < -0.4 is 5.32 Å². The molecular formula is C15H16N4. The standard InChI is InChI=1S/C15H16N4/c1-2-4-14-13(3-1)18-15(19-14)7-10-17-11-12-5-8-16-9-6-12/h1-6,8-9,17H,7,10-11H2,(H,18,19). The number of rotatable bonds is 5. The molecule has 0 bridgehead atoms. The van der Waals surface area contributed by atoms with E-state index in [0.717, 1.165) is 36.4 Å². The second-order valence-electron chi connectivity index (χ2n) is 4.48. The Labute approximate surface area is 111 Å². The van der Waals surface area contributed by atoms with Gasteiger partial charge in [0.25, 0.3) is 0 Å². The first-order valence-electron chi connectivity index (χ1n) is 6.45. The van der Waals surface area contributed by atoms with Gasteiger partial charge in [-0.25, -0.2) is 4.98 Å². The highest BCUT2D eigenvalue weighted by Crippen LogP contribution is 2.10. The lowest BCUT2D eigenvalue weighted by atomic mass is 10.2. The average molecular weight is 252 g/mol. The van der Waals surface area contributed by atoms with E-state index in [0.29, 0.717) is 0 Å². The number of hydrogen-bond acceptors (Lipinski definition) is 3. The Balaban J connectivity index is 1.52. The minimum absolute atomic E-state index is 0.864. The van der Waals surface area contributed by atoms with Gasteiger partial charge in [0.05, 0.1) is 11.0 Å². The highest BCUT2D eigenvalue weighted by Gasteiger charge is 2.01. The fourth-order valence-electron chi connectivity index (χ4n) is 2.06. The van der Waals surface area contributed by atoms with E-state index in [1.54, 1.807) is 0 Å². The molecule has 0 fully saturated rings. The maximum Gasteiger partial charge on any atom is 0.108 e. The number of nitrogens with one attached hydrogen (secondary N) is 2. The number of imidazole rings is 1. The zero-order valence-electron chi connectivity index (χ0n) is 10.6. The van der Waals surface area contributed by atoms with Crippen LogP contribution in [-0.2, 0) is 13.0 Å². The molecule has 4 heteroatoms. The highest BCUT2D eigenvalue weighted by atomic mass is 14.9. The topological polar surface area (TPSA) is 53.6 Å². The summed E-state index contributed by atoms with van der Waals surface area (Å²) in [5.41, 5.74) is 3.39. The van der Waals surface area contributed by atoms with Gasteiger partial charge in [-0.1, -0.05) is 12.1 Å². The maximum atomic E-state index is 4.55. The molecule has 0 aliphatic carbocycles. The highest BCUT2D eigenvalue weighted by molar-refractivity contribution is 5.74. The molecule has 96 valence electrons. The second kappa shape index (κ2) is 5.63. The molecule has 2 heterocycles. The van der Waals surface area contributed by atoms with Gasteiger partial charge in [-0.15, -0.1) is 0 Å². The van der Waals surface area contributed by atoms with Gasteiger partial charge in [-0.2, -0.15) is 0 Å². The van der Waals surface area contributed by atoms with E-state index in [1.165, 1.54) is 5.56 Å². The second-order valence-corrected chi connectivity index (χ2v) is 4.48. The van der Waals surface area contributed by atoms with Crippen LogP contribution in [0.5, 0.6) is 0 Å². The number of aromatic amines is 1. The molecule has 0 saturated heterocycles. The number of nitrogens with zero attached hydrogens (tertiary/aromatic N) is 2. The lowest BCUT2D eigenvalue weighted by Crippen LogP contribution is -2.17. The third-order valence-corrected chi connectivity index (χ3v) is 3.06. The van der Waals surface area contributed by atoms with Crippen molar-refractivity contribution in [2.45, 2.75) is 13.0 Å². The van der Waals surface area contributed by atoms with Gasteiger partial charge in [0.2, 0.25) is 0 Å². The molecular weight excluding hydrogens is 236 g/mol. The quantitative estimate of drug-likeness (QED) is 0.685. The molecule has 0 aliphatic rings. The Hall–Kier alpha value is -2.20. The van der Waals surface area contributed by atoms with E-state index in [-0.39, 0.29) is 0 Å². The molecule has 3 rings (SSSR count). The van der Waals surface area contributed by atoms with Crippen molar-refractivity contribution in [3.63, 3.8) is 0 Å². The summed E-state index contributed by atoms with van der Waals surface area (Å²) in [7, 11) is 0. The summed E-state index contributed by atoms with van der Waals surface area (Å²) in [6, 6.07) is 12.2. The van der Waals surface area contributed by atoms with Gasteiger partial charge in [-0.05, 0) is 29.8 Å². The molecule has 0 amide bonds. The molecule has 1 aromatic carbocycles. The predicted molar refractivity (Wildman–Crippen MR) is 75.7 cm³/mol. The van der Waals surface area contributed by atoms with E-state index in [9.17, 15) is 0 Å². The fourth-order valence-corrected chi connectivity index (χ4v) is 2.06. The van der Waals surface area contributed by atoms with Crippen molar-refractivity contribution in [1.29, 1.82) is 0 Å². The number of hydrogen-bond donors (Lipinski definition) is 2. The zero-order valence-corrected chi connectivity index (χ0v) is 10.6. The fraction of sp³-hybridized carbons (Fsp3) is 0.200. The largest absolute Gasteiger partial charge is 0.342 e. The van der Waals surface area contributed by atoms with Crippen molar-refractivity contribution in [2.75, 3.05) is 6.54 Å². The molecule has 2 N–H and O–H groups in total. The molecule has 0 atom stereocenters. The molecule has 2 aromatic heterocycles. The summed E-state index contributed by atoms with van der Waals surface area (Å²) in [5, 5.41) is 3.41. The van der Waals surface area contributed by atoms with Gasteiger partial charge in [0.15, 0.2) is 0 Å². The number of H-pyrrole nitrogens is 1. The maximum absolute atomic E-state index is 4.55. The van der Waals surface area contributed by atoms with Crippen molar-refractivity contribution in [1.82, 2.24) is 20.3 Å². The number of benzene rings is 1. The Morgan fingerprint density at radius 2 is 1.89 bits per heavy atom. The number of pyridine rings is 1. The van der Waals surface area contributed by atoms with Crippen LogP contribution in [0.25, 0.3) is 11.0 Å². The van der Waals surface area contributed by atoms with Gasteiger partial charge in [0.1, 0.15) is 5.82 Å². The monoisotopic (exact) mass is 252 g/mol. The minimum atomic E-state index is 0.864. The Bertz CT molecular complexity index is 612. The normalized spacial score (nSPS) is 10.9. The Morgan fingerprint density at radius 3 is 2.74 bits per heavy atom. The van der Waals surface area contributed by atoms with E-state index in [2.05, 4.69) is 26.3 Å². The van der Waals surface area contributed by atoms with Crippen LogP contribution in [0.3, 0.4) is 0 Å². The van der Waals surface area contributed by atoms with E-state index in [4.69, 9.17) is 0 Å². The van der Waals surface area contributed by atoms with Crippen LogP contribution in [0.15, 0.2) is 48.8 Å². The third kappa shape index (κ3) is 2.98. The summed E-state index contributed by atoms with van der Waals surface area (Å²) in [4.78, 5) is 11.9. The predicted octanol–water partition coefficient (Wildman–Crippen LogP) is 2.29. The van der Waals surface area contributed by atoms with Crippen LogP contribution in [0.2, 0.25) is 0 Å². The minimum Gasteiger partial charge on any atom is -0.342 e. The molecule has 4 nitrogen and oxygen atoms in total. The van der Waals surface area contributed by atoms with Crippen molar-refractivity contribution >= 4 is 11.0 Å². The Morgan fingerprint density at radius 1 is 1.05 bits per heavy atom. The van der Waals surface area contributed by atoms with E-state index < -0.39 is 0 Å². The van der Waals surface area contributed by atoms with Gasteiger partial charge in [0, 0.05) is 31.9 Å². The zero-order chi connectivity index (χ0) is 12.9. The average Bonchev–Trinajstić information content (AvgIpc) is 2.87. The SMILES string of the molecule is c1ccc2[nH]c(CCNCc3ccncc3)nc2c1. The van der Waals surface area contributed by atoms with Crippen LogP contribution in [0.1, 0.15) is 11.4 Å². The number of fused-ring (bicyclic) bond motifs is 1. The summed E-state index contributed by atoms with van der Waals surface area (Å²) >= 11 is 0. The van der Waals surface area contributed by atoms with Gasteiger partial charge in [-0.3, -0.25) is 4.98 Å². The first-order valence-corrected chi connectivity index (χ1v) is 6.45. The molecule has 0 aliphatic heterocycles. The summed E-state index contributed by atoms with van der Waals surface area (Å²) in [6.07, 6.45) is 4.53. The van der Waals surface area contributed by atoms with Crippen molar-refractivity contribution in [2.24, 2.45) is 0 Å². The van der Waals surface area contributed by atoms with Crippen LogP contribution in [0, 0.1) is 0 Å². The first-order chi connectivity index (χ1) is 9.42. The first kappa shape index (κ1) is 11.9. The van der Waals surface area contributed by atoms with Gasteiger partial charge >= 0.3 is 0 Å². The summed E-state index contributed by atoms with van der Waals surface area (Å²) in [5.74, 6) is 1.03. The Kier molecular flexibility index (Phi) is 3.51. The lowest BCUT2D eigenvalue weighted by molar-refractivity contribution is 0.674. The lowest BCUT2D eigenvalue weighted by Gasteiger charge is -2.02. The van der Waals surface area contributed by atoms with Crippen molar-refractivity contribution in [3.8, 4) is 0 Å². The molecule has 0 saturated carbocycles. The summed E-state index contributed by atoms with van der Waals surface area (Å²) in [6.45, 7) is 1.77. The van der Waals surface area contributed by atoms with Crippen LogP contribution in [-0.4, -0.2) is 21.5 Å². The van der Waals surface area contributed by atoms with Crippen molar-refractivity contribution < 1.29 is 0 Å². The van der Waals surface area contributed by atoms with E-state index >= 15 is 0 Å². The van der Waals surface area contributed by atoms with Crippen molar-refractivity contribution in [3.05, 3.63) is 60.2 Å². The van der Waals surface area contributed by atoms with Gasteiger partial charge < -0.3 is 10.3 Å². The molecule has 19 heavy (non-hydrogen) atoms. The molecule has 0 unspecified atom stereocenters. The van der Waals surface area contributed by atoms with E-state index in [1.807, 2.05) is 42.7 Å². The van der Waals surface area contributed by atoms with Crippen LogP contribution in [0.4, 0.5) is 0 Å². The smallest absolute Gasteiger partial charge is 0.108 e. The third-order valence-electron chi connectivity index (χ3n) is 3.06. The molecule has 0 radical (unpaired) electrons. The molecule has 3 aromatic rings. The number of aromatic nitrogens is 3. The molecule has 0 spiro atoms. The number of para-hydroxylation sites is 2. The summed E-state index contributed by atoms with van der Waals surface area (Å²) < 4.78 is 0. The van der Waals surface area contributed by atoms with Crippen LogP contribution >= 0.6 is 0 Å².